The first kappa shape index (κ1) is 18.5. The number of benzene rings is 1. The van der Waals surface area contributed by atoms with Crippen molar-refractivity contribution in [3.05, 3.63) is 72.9 Å². The summed E-state index contributed by atoms with van der Waals surface area (Å²) in [5.74, 6) is 2.67. The molecule has 0 saturated carbocycles. The van der Waals surface area contributed by atoms with E-state index in [1.54, 1.807) is 39.1 Å². The van der Waals surface area contributed by atoms with E-state index in [1.807, 2.05) is 42.5 Å². The zero-order valence-corrected chi connectivity index (χ0v) is 16.1. The molecule has 7 nitrogen and oxygen atoms in total. The number of furan rings is 1. The van der Waals surface area contributed by atoms with Crippen molar-refractivity contribution in [2.45, 2.75) is 6.54 Å². The fourth-order valence-corrected chi connectivity index (χ4v) is 3.01. The van der Waals surface area contributed by atoms with Gasteiger partial charge in [0.15, 0.2) is 5.76 Å². The Morgan fingerprint density at radius 1 is 1.03 bits per heavy atom. The van der Waals surface area contributed by atoms with Crippen molar-refractivity contribution in [2.75, 3.05) is 19.5 Å². The number of anilines is 1. The number of aromatic nitrogens is 3. The lowest BCUT2D eigenvalue weighted by Gasteiger charge is -2.13. The molecule has 7 heteroatoms. The SMILES string of the molecule is COc1ccc(OC)c(CNc2ncc(-c3ccncc3)c(-c3ccco3)n2)c1. The van der Waals surface area contributed by atoms with Crippen LogP contribution < -0.4 is 14.8 Å². The number of hydrogen-bond donors (Lipinski definition) is 1. The molecule has 0 amide bonds. The Balaban J connectivity index is 1.65. The summed E-state index contributed by atoms with van der Waals surface area (Å²) in [6, 6.07) is 13.2. The first-order valence-electron chi connectivity index (χ1n) is 9.04. The molecule has 29 heavy (non-hydrogen) atoms. The molecule has 0 unspecified atom stereocenters. The molecule has 0 fully saturated rings. The first-order chi connectivity index (χ1) is 14.3. The lowest BCUT2D eigenvalue weighted by Crippen LogP contribution is -2.06. The number of ether oxygens (including phenoxy) is 2. The van der Waals surface area contributed by atoms with E-state index in [-0.39, 0.29) is 0 Å². The largest absolute Gasteiger partial charge is 0.497 e. The maximum atomic E-state index is 5.60. The van der Waals surface area contributed by atoms with Crippen molar-refractivity contribution in [1.82, 2.24) is 15.0 Å². The van der Waals surface area contributed by atoms with Crippen LogP contribution in [0.4, 0.5) is 5.95 Å². The second kappa shape index (κ2) is 8.43. The minimum atomic E-state index is 0.479. The molecular weight excluding hydrogens is 368 g/mol. The lowest BCUT2D eigenvalue weighted by molar-refractivity contribution is 0.399. The Morgan fingerprint density at radius 2 is 1.90 bits per heavy atom. The van der Waals surface area contributed by atoms with Crippen molar-refractivity contribution >= 4 is 5.95 Å². The van der Waals surface area contributed by atoms with Crippen LogP contribution in [0, 0.1) is 0 Å². The fraction of sp³-hybridized carbons (Fsp3) is 0.136. The number of rotatable bonds is 7. The molecule has 1 aromatic carbocycles. The number of pyridine rings is 1. The Kier molecular flexibility index (Phi) is 5.38. The molecule has 0 aliphatic rings. The Labute approximate surface area is 168 Å². The highest BCUT2D eigenvalue weighted by Gasteiger charge is 2.14. The third kappa shape index (κ3) is 4.03. The van der Waals surface area contributed by atoms with Gasteiger partial charge in [-0.05, 0) is 48.0 Å². The summed E-state index contributed by atoms with van der Waals surface area (Å²) >= 11 is 0. The molecular formula is C22H20N4O3. The fourth-order valence-electron chi connectivity index (χ4n) is 3.01. The standard InChI is InChI=1S/C22H20N4O3/c1-27-17-5-6-19(28-2)16(12-17)13-24-22-25-14-18(15-7-9-23-10-8-15)21(26-22)20-4-3-11-29-20/h3-12,14H,13H2,1-2H3,(H,24,25,26). The third-order valence-corrected chi connectivity index (χ3v) is 4.46. The van der Waals surface area contributed by atoms with Crippen LogP contribution in [0.3, 0.4) is 0 Å². The van der Waals surface area contributed by atoms with Crippen LogP contribution in [0.2, 0.25) is 0 Å². The van der Waals surface area contributed by atoms with E-state index in [4.69, 9.17) is 18.9 Å². The summed E-state index contributed by atoms with van der Waals surface area (Å²) < 4.78 is 16.3. The zero-order valence-electron chi connectivity index (χ0n) is 16.1. The van der Waals surface area contributed by atoms with Gasteiger partial charge in [0, 0.05) is 36.3 Å². The molecule has 4 aromatic rings. The minimum absolute atomic E-state index is 0.479. The van der Waals surface area contributed by atoms with E-state index in [0.717, 1.165) is 28.2 Å². The highest BCUT2D eigenvalue weighted by atomic mass is 16.5. The van der Waals surface area contributed by atoms with Gasteiger partial charge in [0.05, 0.1) is 20.5 Å². The van der Waals surface area contributed by atoms with Crippen LogP contribution in [0.5, 0.6) is 11.5 Å². The average Bonchev–Trinajstić information content (AvgIpc) is 3.33. The molecule has 4 rings (SSSR count). The maximum absolute atomic E-state index is 5.60. The van der Waals surface area contributed by atoms with E-state index in [2.05, 4.69) is 15.3 Å². The van der Waals surface area contributed by atoms with Crippen molar-refractivity contribution in [3.63, 3.8) is 0 Å². The monoisotopic (exact) mass is 388 g/mol. The normalized spacial score (nSPS) is 10.6. The first-order valence-corrected chi connectivity index (χ1v) is 9.04. The van der Waals surface area contributed by atoms with E-state index >= 15 is 0 Å². The predicted octanol–water partition coefficient (Wildman–Crippen LogP) is 4.43. The Hall–Kier alpha value is -3.87. The maximum Gasteiger partial charge on any atom is 0.223 e. The Bertz CT molecular complexity index is 1080. The number of methoxy groups -OCH3 is 2. The summed E-state index contributed by atoms with van der Waals surface area (Å²) in [6.07, 6.45) is 6.89. The van der Waals surface area contributed by atoms with Gasteiger partial charge in [0.25, 0.3) is 0 Å². The van der Waals surface area contributed by atoms with Gasteiger partial charge in [0.2, 0.25) is 5.95 Å². The number of nitrogens with zero attached hydrogens (tertiary/aromatic N) is 3. The van der Waals surface area contributed by atoms with Crippen LogP contribution in [0.25, 0.3) is 22.6 Å². The van der Waals surface area contributed by atoms with Crippen LogP contribution >= 0.6 is 0 Å². The molecule has 0 aliphatic carbocycles. The second-order valence-corrected chi connectivity index (χ2v) is 6.20. The van der Waals surface area contributed by atoms with Gasteiger partial charge in [-0.2, -0.15) is 0 Å². The molecule has 0 atom stereocenters. The van der Waals surface area contributed by atoms with Crippen molar-refractivity contribution in [2.24, 2.45) is 0 Å². The van der Waals surface area contributed by atoms with Crippen molar-refractivity contribution in [3.8, 4) is 34.1 Å². The quantitative estimate of drug-likeness (QED) is 0.501. The van der Waals surface area contributed by atoms with Crippen LogP contribution in [-0.2, 0) is 6.54 Å². The topological polar surface area (TPSA) is 82.3 Å². The summed E-state index contributed by atoms with van der Waals surface area (Å²) in [7, 11) is 3.27. The van der Waals surface area contributed by atoms with Crippen molar-refractivity contribution in [1.29, 1.82) is 0 Å². The molecule has 0 spiro atoms. The van der Waals surface area contributed by atoms with Gasteiger partial charge in [0.1, 0.15) is 17.2 Å². The summed E-state index contributed by atoms with van der Waals surface area (Å²) in [4.78, 5) is 13.3. The van der Waals surface area contributed by atoms with Gasteiger partial charge in [-0.1, -0.05) is 0 Å². The lowest BCUT2D eigenvalue weighted by atomic mass is 10.1. The van der Waals surface area contributed by atoms with E-state index < -0.39 is 0 Å². The second-order valence-electron chi connectivity index (χ2n) is 6.20. The van der Waals surface area contributed by atoms with Crippen LogP contribution in [0.1, 0.15) is 5.56 Å². The molecule has 0 aliphatic heterocycles. The zero-order chi connectivity index (χ0) is 20.1. The molecule has 0 radical (unpaired) electrons. The number of hydrogen-bond acceptors (Lipinski definition) is 7. The highest BCUT2D eigenvalue weighted by Crippen LogP contribution is 2.31. The van der Waals surface area contributed by atoms with E-state index in [0.29, 0.717) is 23.9 Å². The highest BCUT2D eigenvalue weighted by molar-refractivity contribution is 5.78. The molecule has 3 aromatic heterocycles. The predicted molar refractivity (Wildman–Crippen MR) is 110 cm³/mol. The van der Waals surface area contributed by atoms with E-state index in [9.17, 15) is 0 Å². The average molecular weight is 388 g/mol. The van der Waals surface area contributed by atoms with Gasteiger partial charge in [-0.25, -0.2) is 9.97 Å². The van der Waals surface area contributed by atoms with Crippen LogP contribution in [-0.4, -0.2) is 29.2 Å². The van der Waals surface area contributed by atoms with Gasteiger partial charge in [-0.3, -0.25) is 4.98 Å². The van der Waals surface area contributed by atoms with Crippen molar-refractivity contribution < 1.29 is 13.9 Å². The minimum Gasteiger partial charge on any atom is -0.497 e. The van der Waals surface area contributed by atoms with Gasteiger partial charge >= 0.3 is 0 Å². The molecule has 0 saturated heterocycles. The smallest absolute Gasteiger partial charge is 0.223 e. The molecule has 0 bridgehead atoms. The molecule has 146 valence electrons. The van der Waals surface area contributed by atoms with Gasteiger partial charge < -0.3 is 19.2 Å². The summed E-state index contributed by atoms with van der Waals surface area (Å²) in [5, 5.41) is 3.26. The molecule has 3 heterocycles. The van der Waals surface area contributed by atoms with Crippen LogP contribution in [0.15, 0.2) is 71.7 Å². The van der Waals surface area contributed by atoms with Gasteiger partial charge in [-0.15, -0.1) is 0 Å². The Morgan fingerprint density at radius 3 is 2.62 bits per heavy atom. The number of nitrogens with one attached hydrogen (secondary N) is 1. The molecule has 1 N–H and O–H groups in total. The van der Waals surface area contributed by atoms with E-state index in [1.165, 1.54) is 0 Å². The summed E-state index contributed by atoms with van der Waals surface area (Å²) in [5.41, 5.74) is 3.48. The third-order valence-electron chi connectivity index (χ3n) is 4.46. The summed E-state index contributed by atoms with van der Waals surface area (Å²) in [6.45, 7) is 0.479.